The fourth-order valence-electron chi connectivity index (χ4n) is 5.78. The van der Waals surface area contributed by atoms with E-state index in [1.54, 1.807) is 6.08 Å². The molecule has 6 nitrogen and oxygen atoms in total. The number of aliphatic hydroxyl groups is 1. The molecule has 0 aromatic heterocycles. The van der Waals surface area contributed by atoms with Crippen molar-refractivity contribution in [3.63, 3.8) is 0 Å². The molecule has 1 unspecified atom stereocenters. The van der Waals surface area contributed by atoms with Crippen LogP contribution in [0.25, 0.3) is 0 Å². The van der Waals surface area contributed by atoms with E-state index in [0.717, 1.165) is 5.57 Å². The minimum absolute atomic E-state index is 0.00956. The molecule has 1 N–H and O–H groups in total. The van der Waals surface area contributed by atoms with Gasteiger partial charge >= 0.3 is 11.9 Å². The van der Waals surface area contributed by atoms with Gasteiger partial charge in [0, 0.05) is 30.6 Å². The number of ether oxygens (including phenoxy) is 2. The number of carbonyl (C=O) groups is 3. The molecular formula is C19H26O6. The van der Waals surface area contributed by atoms with Gasteiger partial charge in [-0.1, -0.05) is 26.3 Å². The van der Waals surface area contributed by atoms with E-state index in [-0.39, 0.29) is 23.5 Å². The third-order valence-corrected chi connectivity index (χ3v) is 6.66. The Morgan fingerprint density at radius 2 is 1.64 bits per heavy atom. The summed E-state index contributed by atoms with van der Waals surface area (Å²) in [4.78, 5) is 36.1. The standard InChI is InChI=1S/C19H26O6/c1-8-7-11(22)13-14-12(8)19(13,6)16(23)15(24-9(2)20)17(18(14,4)5)25-10(3)21/h7,12-17,23H,1-6H3/t12-,13?,14-,15-,16+,17+,19-/m0/s1. The van der Waals surface area contributed by atoms with Gasteiger partial charge in [-0.05, 0) is 24.8 Å². The van der Waals surface area contributed by atoms with Crippen molar-refractivity contribution in [2.45, 2.75) is 59.9 Å². The van der Waals surface area contributed by atoms with Crippen LogP contribution in [0.4, 0.5) is 0 Å². The summed E-state index contributed by atoms with van der Waals surface area (Å²) in [6.45, 7) is 10.2. The first-order valence-corrected chi connectivity index (χ1v) is 8.68. The van der Waals surface area contributed by atoms with Gasteiger partial charge in [0.25, 0.3) is 0 Å². The van der Waals surface area contributed by atoms with Crippen molar-refractivity contribution in [2.24, 2.45) is 28.6 Å². The number of hydrogen-bond donors (Lipinski definition) is 1. The Hall–Kier alpha value is -1.69. The summed E-state index contributed by atoms with van der Waals surface area (Å²) in [5.41, 5.74) is -0.437. The number of esters is 2. The Morgan fingerprint density at radius 3 is 2.12 bits per heavy atom. The van der Waals surface area contributed by atoms with Crippen LogP contribution in [0.2, 0.25) is 0 Å². The fraction of sp³-hybridized carbons (Fsp3) is 0.737. The van der Waals surface area contributed by atoms with Gasteiger partial charge in [0.1, 0.15) is 12.2 Å². The molecule has 0 radical (unpaired) electrons. The molecular weight excluding hydrogens is 324 g/mol. The molecule has 0 saturated heterocycles. The zero-order valence-electron chi connectivity index (χ0n) is 15.5. The van der Waals surface area contributed by atoms with Crippen LogP contribution in [0.1, 0.15) is 41.5 Å². The number of allylic oxidation sites excluding steroid dienone is 2. The molecule has 138 valence electrons. The van der Waals surface area contributed by atoms with E-state index in [2.05, 4.69) is 0 Å². The summed E-state index contributed by atoms with van der Waals surface area (Å²) >= 11 is 0. The lowest BCUT2D eigenvalue weighted by atomic mass is 9.37. The van der Waals surface area contributed by atoms with E-state index in [1.165, 1.54) is 13.8 Å². The Bertz CT molecular complexity index is 677. The summed E-state index contributed by atoms with van der Waals surface area (Å²) < 4.78 is 11.0. The monoisotopic (exact) mass is 350 g/mol. The second kappa shape index (κ2) is 5.40. The molecule has 25 heavy (non-hydrogen) atoms. The van der Waals surface area contributed by atoms with Crippen LogP contribution < -0.4 is 0 Å². The summed E-state index contributed by atoms with van der Waals surface area (Å²) in [6, 6.07) is 0. The summed E-state index contributed by atoms with van der Waals surface area (Å²) in [5.74, 6) is -1.53. The van der Waals surface area contributed by atoms with Gasteiger partial charge in [0.2, 0.25) is 0 Å². The van der Waals surface area contributed by atoms with Crippen molar-refractivity contribution in [1.29, 1.82) is 0 Å². The van der Waals surface area contributed by atoms with Gasteiger partial charge < -0.3 is 14.6 Å². The Balaban J connectivity index is 2.17. The van der Waals surface area contributed by atoms with E-state index < -0.39 is 41.1 Å². The smallest absolute Gasteiger partial charge is 0.303 e. The molecule has 0 amide bonds. The molecule has 6 heteroatoms. The molecule has 0 aromatic rings. The Morgan fingerprint density at radius 1 is 1.08 bits per heavy atom. The van der Waals surface area contributed by atoms with E-state index >= 15 is 0 Å². The minimum atomic E-state index is -1.10. The fourth-order valence-corrected chi connectivity index (χ4v) is 5.78. The predicted molar refractivity (Wildman–Crippen MR) is 88.2 cm³/mol. The van der Waals surface area contributed by atoms with Crippen LogP contribution in [0, 0.1) is 28.6 Å². The molecule has 3 saturated carbocycles. The Labute approximate surface area is 147 Å². The topological polar surface area (TPSA) is 89.9 Å². The Kier molecular flexibility index (Phi) is 3.91. The number of fused-ring (bicyclic) bond motifs is 3. The van der Waals surface area contributed by atoms with Crippen LogP contribution in [0.15, 0.2) is 11.6 Å². The highest BCUT2D eigenvalue weighted by Crippen LogP contribution is 2.71. The van der Waals surface area contributed by atoms with E-state index in [0.29, 0.717) is 0 Å². The first-order chi connectivity index (χ1) is 11.4. The van der Waals surface area contributed by atoms with E-state index in [1.807, 2.05) is 27.7 Å². The predicted octanol–water partition coefficient (Wildman–Crippen LogP) is 1.65. The van der Waals surface area contributed by atoms with Gasteiger partial charge in [-0.2, -0.15) is 0 Å². The van der Waals surface area contributed by atoms with Crippen LogP contribution >= 0.6 is 0 Å². The maximum absolute atomic E-state index is 12.7. The molecule has 0 aliphatic heterocycles. The molecule has 4 rings (SSSR count). The van der Waals surface area contributed by atoms with Crippen molar-refractivity contribution in [3.05, 3.63) is 11.6 Å². The second-order valence-corrected chi connectivity index (χ2v) is 8.51. The van der Waals surface area contributed by atoms with Gasteiger partial charge in [-0.3, -0.25) is 14.4 Å². The van der Waals surface area contributed by atoms with Crippen molar-refractivity contribution >= 4 is 17.7 Å². The van der Waals surface area contributed by atoms with Crippen LogP contribution in [0.5, 0.6) is 0 Å². The van der Waals surface area contributed by atoms with Crippen LogP contribution in [0.3, 0.4) is 0 Å². The number of aliphatic hydroxyl groups excluding tert-OH is 1. The number of hydrogen-bond acceptors (Lipinski definition) is 6. The largest absolute Gasteiger partial charge is 0.458 e. The van der Waals surface area contributed by atoms with Gasteiger partial charge in [0.15, 0.2) is 11.9 Å². The van der Waals surface area contributed by atoms with Gasteiger partial charge in [-0.25, -0.2) is 0 Å². The first-order valence-electron chi connectivity index (χ1n) is 8.68. The van der Waals surface area contributed by atoms with E-state index in [9.17, 15) is 19.5 Å². The van der Waals surface area contributed by atoms with Gasteiger partial charge in [0.05, 0.1) is 0 Å². The van der Waals surface area contributed by atoms with Crippen molar-refractivity contribution in [1.82, 2.24) is 0 Å². The first kappa shape index (κ1) is 18.1. The summed E-state index contributed by atoms with van der Waals surface area (Å²) in [7, 11) is 0. The molecule has 0 heterocycles. The lowest BCUT2D eigenvalue weighted by Gasteiger charge is -2.65. The molecule has 4 bridgehead atoms. The van der Waals surface area contributed by atoms with Gasteiger partial charge in [-0.15, -0.1) is 0 Å². The number of carbonyl (C=O) groups excluding carboxylic acids is 3. The molecule has 0 spiro atoms. The van der Waals surface area contributed by atoms with Crippen LogP contribution in [-0.2, 0) is 23.9 Å². The second-order valence-electron chi connectivity index (χ2n) is 8.51. The maximum Gasteiger partial charge on any atom is 0.303 e. The lowest BCUT2D eigenvalue weighted by molar-refractivity contribution is -0.199. The maximum atomic E-state index is 12.7. The van der Waals surface area contributed by atoms with E-state index in [4.69, 9.17) is 9.47 Å². The van der Waals surface area contributed by atoms with Crippen molar-refractivity contribution in [2.75, 3.05) is 0 Å². The molecule has 4 aliphatic rings. The average molecular weight is 350 g/mol. The molecule has 0 aromatic carbocycles. The summed E-state index contributed by atoms with van der Waals surface area (Å²) in [5, 5.41) is 11.2. The molecule has 4 aliphatic carbocycles. The highest BCUT2D eigenvalue weighted by atomic mass is 16.6. The third-order valence-electron chi connectivity index (χ3n) is 6.66. The summed E-state index contributed by atoms with van der Waals surface area (Å²) in [6.07, 6.45) is -1.26. The van der Waals surface area contributed by atoms with Crippen molar-refractivity contribution < 1.29 is 29.0 Å². The van der Waals surface area contributed by atoms with Crippen LogP contribution in [-0.4, -0.2) is 41.1 Å². The third kappa shape index (κ3) is 2.23. The zero-order chi connectivity index (χ0) is 18.9. The quantitative estimate of drug-likeness (QED) is 0.762. The SMILES string of the molecule is CC(=O)O[C@@H]1[C@@H](OC(C)=O)C(C)(C)[C@@H]2C3C(=O)C=C(C)[C@@H]2[C@]3(C)[C@@H]1O. The normalized spacial score (nSPS) is 44.1. The number of rotatable bonds is 2. The number of ketones is 1. The average Bonchev–Trinajstić information content (AvgIpc) is 2.52. The highest BCUT2D eigenvalue weighted by Gasteiger charge is 2.76. The minimum Gasteiger partial charge on any atom is -0.458 e. The highest BCUT2D eigenvalue weighted by molar-refractivity contribution is 5.96. The van der Waals surface area contributed by atoms with Crippen molar-refractivity contribution in [3.8, 4) is 0 Å². The molecule has 3 fully saturated rings. The molecule has 7 atom stereocenters. The zero-order valence-corrected chi connectivity index (χ0v) is 15.5. The lowest BCUT2D eigenvalue weighted by Crippen LogP contribution is -2.67.